The highest BCUT2D eigenvalue weighted by Crippen LogP contribution is 2.05. The summed E-state index contributed by atoms with van der Waals surface area (Å²) in [5, 5.41) is 7.28. The molecular formula is C12H22N4O2. The Bertz CT molecular complexity index is 419. The molecule has 1 aromatic rings. The molecule has 1 heterocycles. The molecule has 0 amide bonds. The van der Waals surface area contributed by atoms with Gasteiger partial charge < -0.3 is 15.0 Å². The maximum Gasteiger partial charge on any atom is 0.268 e. The molecule has 6 nitrogen and oxygen atoms in total. The molecule has 1 aromatic heterocycles. The summed E-state index contributed by atoms with van der Waals surface area (Å²) in [5.41, 5.74) is 0.746. The molecule has 0 saturated carbocycles. The van der Waals surface area contributed by atoms with Gasteiger partial charge in [0, 0.05) is 32.8 Å². The second-order valence-corrected chi connectivity index (χ2v) is 4.19. The molecule has 1 unspecified atom stereocenters. The molecule has 1 atom stereocenters. The van der Waals surface area contributed by atoms with Gasteiger partial charge in [0.05, 0.1) is 25.0 Å². The molecule has 18 heavy (non-hydrogen) atoms. The van der Waals surface area contributed by atoms with Crippen LogP contribution in [0.25, 0.3) is 0 Å². The van der Waals surface area contributed by atoms with Crippen molar-refractivity contribution in [3.8, 4) is 0 Å². The summed E-state index contributed by atoms with van der Waals surface area (Å²) in [7, 11) is 5.41. The number of nitrogens with one attached hydrogen (secondary N) is 1. The lowest BCUT2D eigenvalue weighted by molar-refractivity contribution is 0.159. The Morgan fingerprint density at radius 3 is 2.83 bits per heavy atom. The van der Waals surface area contributed by atoms with Crippen LogP contribution in [0.3, 0.4) is 0 Å². The number of hydrogen-bond donors (Lipinski definition) is 1. The van der Waals surface area contributed by atoms with Crippen LogP contribution >= 0.6 is 0 Å². The predicted molar refractivity (Wildman–Crippen MR) is 72.2 cm³/mol. The molecular weight excluding hydrogens is 232 g/mol. The summed E-state index contributed by atoms with van der Waals surface area (Å²) in [6.45, 7) is 3.91. The smallest absolute Gasteiger partial charge is 0.268 e. The van der Waals surface area contributed by atoms with Crippen molar-refractivity contribution in [1.82, 2.24) is 15.1 Å². The average Bonchev–Trinajstić information content (AvgIpc) is 2.39. The van der Waals surface area contributed by atoms with Crippen LogP contribution in [0.4, 0.5) is 5.69 Å². The maximum atomic E-state index is 11.9. The summed E-state index contributed by atoms with van der Waals surface area (Å²) < 4.78 is 6.52. The monoisotopic (exact) mass is 254 g/mol. The zero-order valence-corrected chi connectivity index (χ0v) is 11.5. The Hall–Kier alpha value is -1.40. The number of hydrogen-bond acceptors (Lipinski definition) is 5. The third kappa shape index (κ3) is 3.82. The number of ether oxygens (including phenoxy) is 1. The van der Waals surface area contributed by atoms with Gasteiger partial charge in [-0.15, -0.1) is 0 Å². The highest BCUT2D eigenvalue weighted by atomic mass is 16.5. The van der Waals surface area contributed by atoms with E-state index in [0.717, 1.165) is 12.2 Å². The summed E-state index contributed by atoms with van der Waals surface area (Å²) in [6.07, 6.45) is 1.71. The molecule has 0 spiro atoms. The van der Waals surface area contributed by atoms with Gasteiger partial charge in [-0.1, -0.05) is 0 Å². The molecule has 0 bridgehead atoms. The minimum Gasteiger partial charge on any atom is -0.383 e. The van der Waals surface area contributed by atoms with Gasteiger partial charge in [0.2, 0.25) is 0 Å². The first kappa shape index (κ1) is 14.7. The van der Waals surface area contributed by atoms with Crippen LogP contribution in [0.5, 0.6) is 0 Å². The Morgan fingerprint density at radius 2 is 2.33 bits per heavy atom. The molecule has 0 aromatic carbocycles. The van der Waals surface area contributed by atoms with Crippen molar-refractivity contribution in [2.75, 3.05) is 39.3 Å². The largest absolute Gasteiger partial charge is 0.383 e. The fourth-order valence-corrected chi connectivity index (χ4v) is 1.59. The standard InChI is InChI=1S/C12H22N4O2/c1-5-15(3)11-6-12(17)16(14-7-11)8-10(13-2)9-18-4/h6-7,10,13H,5,8-9H2,1-4H3. The predicted octanol–water partition coefficient (Wildman–Crippen LogP) is -0.0662. The molecule has 0 saturated heterocycles. The molecule has 0 radical (unpaired) electrons. The normalized spacial score (nSPS) is 12.4. The van der Waals surface area contributed by atoms with Gasteiger partial charge in [-0.05, 0) is 14.0 Å². The molecule has 0 aliphatic carbocycles. The van der Waals surface area contributed by atoms with E-state index in [-0.39, 0.29) is 11.6 Å². The summed E-state index contributed by atoms with van der Waals surface area (Å²) in [5.74, 6) is 0. The Morgan fingerprint density at radius 1 is 1.61 bits per heavy atom. The molecule has 0 fully saturated rings. The van der Waals surface area contributed by atoms with E-state index in [2.05, 4.69) is 10.4 Å². The van der Waals surface area contributed by atoms with Crippen molar-refractivity contribution in [2.24, 2.45) is 0 Å². The van der Waals surface area contributed by atoms with Gasteiger partial charge in [0.25, 0.3) is 5.56 Å². The van der Waals surface area contributed by atoms with Crippen LogP contribution in [-0.2, 0) is 11.3 Å². The van der Waals surface area contributed by atoms with Crippen molar-refractivity contribution < 1.29 is 4.74 Å². The summed E-state index contributed by atoms with van der Waals surface area (Å²) >= 11 is 0. The second-order valence-electron chi connectivity index (χ2n) is 4.19. The van der Waals surface area contributed by atoms with Crippen LogP contribution in [0.15, 0.2) is 17.1 Å². The van der Waals surface area contributed by atoms with Crippen LogP contribution in [-0.4, -0.2) is 50.2 Å². The molecule has 0 aliphatic heterocycles. The van der Waals surface area contributed by atoms with Gasteiger partial charge in [-0.3, -0.25) is 4.79 Å². The second kappa shape index (κ2) is 7.13. The third-order valence-corrected chi connectivity index (χ3v) is 2.94. The van der Waals surface area contributed by atoms with Crippen LogP contribution in [0.2, 0.25) is 0 Å². The number of nitrogens with zero attached hydrogens (tertiary/aromatic N) is 3. The van der Waals surface area contributed by atoms with Gasteiger partial charge in [-0.2, -0.15) is 5.10 Å². The number of anilines is 1. The Labute approximate surface area is 108 Å². The summed E-state index contributed by atoms with van der Waals surface area (Å²) in [4.78, 5) is 13.9. The van der Waals surface area contributed by atoms with Crippen LogP contribution in [0, 0.1) is 0 Å². The molecule has 102 valence electrons. The Kier molecular flexibility index (Phi) is 5.80. The van der Waals surface area contributed by atoms with Crippen molar-refractivity contribution in [3.63, 3.8) is 0 Å². The van der Waals surface area contributed by atoms with Crippen molar-refractivity contribution in [3.05, 3.63) is 22.6 Å². The van der Waals surface area contributed by atoms with Crippen molar-refractivity contribution >= 4 is 5.69 Å². The lowest BCUT2D eigenvalue weighted by Crippen LogP contribution is -2.38. The molecule has 1 rings (SSSR count). The average molecular weight is 254 g/mol. The lowest BCUT2D eigenvalue weighted by Gasteiger charge is -2.18. The highest BCUT2D eigenvalue weighted by molar-refractivity contribution is 5.41. The first-order valence-electron chi connectivity index (χ1n) is 6.06. The quantitative estimate of drug-likeness (QED) is 0.738. The minimum absolute atomic E-state index is 0.0787. The van der Waals surface area contributed by atoms with E-state index in [1.54, 1.807) is 19.4 Å². The van der Waals surface area contributed by atoms with E-state index in [0.29, 0.717) is 13.2 Å². The lowest BCUT2D eigenvalue weighted by atomic mass is 10.3. The van der Waals surface area contributed by atoms with Gasteiger partial charge in [-0.25, -0.2) is 4.68 Å². The Balaban J connectivity index is 2.82. The van der Waals surface area contributed by atoms with Gasteiger partial charge in [0.15, 0.2) is 0 Å². The first-order valence-corrected chi connectivity index (χ1v) is 6.06. The van der Waals surface area contributed by atoms with E-state index in [1.807, 2.05) is 25.9 Å². The SMILES string of the molecule is CCN(C)c1cnn(CC(COC)NC)c(=O)c1. The number of methoxy groups -OCH3 is 1. The summed E-state index contributed by atoms with van der Waals surface area (Å²) in [6, 6.07) is 1.69. The molecule has 0 aliphatic rings. The van der Waals surface area contributed by atoms with Crippen LogP contribution in [0.1, 0.15) is 6.92 Å². The fourth-order valence-electron chi connectivity index (χ4n) is 1.59. The number of likely N-dealkylation sites (N-methyl/N-ethyl adjacent to an activating group) is 1. The highest BCUT2D eigenvalue weighted by Gasteiger charge is 2.09. The number of aromatic nitrogens is 2. The van der Waals surface area contributed by atoms with E-state index in [4.69, 9.17) is 4.74 Å². The van der Waals surface area contributed by atoms with E-state index in [1.165, 1.54) is 4.68 Å². The topological polar surface area (TPSA) is 59.4 Å². The minimum atomic E-state index is -0.0934. The van der Waals surface area contributed by atoms with E-state index < -0.39 is 0 Å². The third-order valence-electron chi connectivity index (χ3n) is 2.94. The molecule has 1 N–H and O–H groups in total. The molecule has 6 heteroatoms. The van der Waals surface area contributed by atoms with Gasteiger partial charge >= 0.3 is 0 Å². The van der Waals surface area contributed by atoms with E-state index >= 15 is 0 Å². The van der Waals surface area contributed by atoms with E-state index in [9.17, 15) is 4.79 Å². The number of rotatable bonds is 7. The van der Waals surface area contributed by atoms with Crippen molar-refractivity contribution in [2.45, 2.75) is 19.5 Å². The van der Waals surface area contributed by atoms with Gasteiger partial charge in [0.1, 0.15) is 0 Å². The first-order chi connectivity index (χ1) is 8.62. The zero-order chi connectivity index (χ0) is 13.5. The van der Waals surface area contributed by atoms with Crippen molar-refractivity contribution in [1.29, 1.82) is 0 Å². The zero-order valence-electron chi connectivity index (χ0n) is 11.5. The fraction of sp³-hybridized carbons (Fsp3) is 0.667. The maximum absolute atomic E-state index is 11.9. The van der Waals surface area contributed by atoms with Crippen LogP contribution < -0.4 is 15.8 Å².